The largest absolute Gasteiger partial charge is 0.459 e. The van der Waals surface area contributed by atoms with Gasteiger partial charge in [-0.05, 0) is 71.6 Å². The Labute approximate surface area is 187 Å². The van der Waals surface area contributed by atoms with Crippen molar-refractivity contribution < 1.29 is 14.0 Å². The lowest BCUT2D eigenvalue weighted by Gasteiger charge is -2.35. The average Bonchev–Trinajstić information content (AvgIpc) is 3.56. The SMILES string of the molecule is Cc1ccc(C(=O)N2CCc3sccc3C2c2cccs2)cc1NC(=O)c1ccco1. The van der Waals surface area contributed by atoms with Crippen molar-refractivity contribution in [2.45, 2.75) is 19.4 Å². The minimum atomic E-state index is -0.338. The Bertz CT molecular complexity index is 1230. The van der Waals surface area contributed by atoms with Crippen molar-refractivity contribution in [3.8, 4) is 0 Å². The number of amides is 2. The third kappa shape index (κ3) is 3.71. The second kappa shape index (κ2) is 8.17. The van der Waals surface area contributed by atoms with Gasteiger partial charge in [-0.25, -0.2) is 0 Å². The first kappa shape index (κ1) is 19.8. The van der Waals surface area contributed by atoms with Gasteiger partial charge in [0.15, 0.2) is 5.76 Å². The Morgan fingerprint density at radius 3 is 2.77 bits per heavy atom. The molecule has 7 heteroatoms. The summed E-state index contributed by atoms with van der Waals surface area (Å²) in [6.07, 6.45) is 2.32. The average molecular weight is 449 g/mol. The number of nitrogens with one attached hydrogen (secondary N) is 1. The molecule has 2 amide bonds. The van der Waals surface area contributed by atoms with Crippen molar-refractivity contribution in [1.82, 2.24) is 4.90 Å². The molecule has 4 aromatic rings. The topological polar surface area (TPSA) is 62.6 Å². The Morgan fingerprint density at radius 1 is 1.10 bits per heavy atom. The molecule has 4 heterocycles. The zero-order valence-corrected chi connectivity index (χ0v) is 18.5. The Hall–Kier alpha value is -3.16. The van der Waals surface area contributed by atoms with Gasteiger partial charge in [0, 0.05) is 27.5 Å². The van der Waals surface area contributed by atoms with Gasteiger partial charge in [0.1, 0.15) is 0 Å². The van der Waals surface area contributed by atoms with Gasteiger partial charge in [-0.2, -0.15) is 0 Å². The van der Waals surface area contributed by atoms with Crippen LogP contribution in [-0.2, 0) is 6.42 Å². The fourth-order valence-corrected chi connectivity index (χ4v) is 5.69. The second-order valence-corrected chi connectivity index (χ2v) is 9.41. The van der Waals surface area contributed by atoms with E-state index in [0.29, 0.717) is 17.8 Å². The molecule has 1 unspecified atom stereocenters. The summed E-state index contributed by atoms with van der Waals surface area (Å²) in [6, 6.07) is 14.9. The molecular formula is C24H20N2O3S2. The third-order valence-electron chi connectivity index (χ3n) is 5.52. The first-order valence-electron chi connectivity index (χ1n) is 9.98. The fraction of sp³-hybridized carbons (Fsp3) is 0.167. The molecule has 0 aliphatic carbocycles. The van der Waals surface area contributed by atoms with Crippen molar-refractivity contribution in [1.29, 1.82) is 0 Å². The number of hydrogen-bond donors (Lipinski definition) is 1. The van der Waals surface area contributed by atoms with Crippen LogP contribution in [-0.4, -0.2) is 23.3 Å². The number of aryl methyl sites for hydroxylation is 1. The molecule has 0 bridgehead atoms. The van der Waals surface area contributed by atoms with E-state index in [9.17, 15) is 9.59 Å². The molecule has 0 saturated carbocycles. The molecule has 0 radical (unpaired) electrons. The van der Waals surface area contributed by atoms with Gasteiger partial charge in [0.05, 0.1) is 12.3 Å². The molecule has 1 aliphatic rings. The smallest absolute Gasteiger partial charge is 0.291 e. The van der Waals surface area contributed by atoms with Gasteiger partial charge >= 0.3 is 0 Å². The lowest BCUT2D eigenvalue weighted by molar-refractivity contribution is 0.0698. The van der Waals surface area contributed by atoms with Crippen molar-refractivity contribution in [3.05, 3.63) is 97.8 Å². The number of rotatable bonds is 4. The normalized spacial score (nSPS) is 15.5. The first-order chi connectivity index (χ1) is 15.1. The van der Waals surface area contributed by atoms with Gasteiger partial charge in [-0.3, -0.25) is 9.59 Å². The highest BCUT2D eigenvalue weighted by molar-refractivity contribution is 7.10. The summed E-state index contributed by atoms with van der Waals surface area (Å²) in [7, 11) is 0. The summed E-state index contributed by atoms with van der Waals surface area (Å²) in [5.41, 5.74) is 3.25. The van der Waals surface area contributed by atoms with E-state index >= 15 is 0 Å². The number of carbonyl (C=O) groups excluding carboxylic acids is 2. The molecule has 5 rings (SSSR count). The van der Waals surface area contributed by atoms with Crippen molar-refractivity contribution >= 4 is 40.2 Å². The lowest BCUT2D eigenvalue weighted by Crippen LogP contribution is -2.39. The van der Waals surface area contributed by atoms with E-state index in [0.717, 1.165) is 16.9 Å². The van der Waals surface area contributed by atoms with Crippen LogP contribution in [0.2, 0.25) is 0 Å². The highest BCUT2D eigenvalue weighted by Gasteiger charge is 2.34. The molecule has 0 spiro atoms. The number of carbonyl (C=O) groups is 2. The van der Waals surface area contributed by atoms with Crippen molar-refractivity contribution in [2.24, 2.45) is 0 Å². The van der Waals surface area contributed by atoms with Crippen LogP contribution in [0.25, 0.3) is 0 Å². The quantitative estimate of drug-likeness (QED) is 0.432. The number of nitrogens with zero attached hydrogens (tertiary/aromatic N) is 1. The van der Waals surface area contributed by atoms with E-state index in [1.165, 1.54) is 16.7 Å². The summed E-state index contributed by atoms with van der Waals surface area (Å²) in [5, 5.41) is 7.01. The zero-order chi connectivity index (χ0) is 21.4. The molecule has 1 atom stereocenters. The molecule has 1 aliphatic heterocycles. The van der Waals surface area contributed by atoms with E-state index in [1.807, 2.05) is 35.4 Å². The number of thiophene rings is 2. The molecule has 0 fully saturated rings. The summed E-state index contributed by atoms with van der Waals surface area (Å²) in [6.45, 7) is 2.57. The first-order valence-corrected chi connectivity index (χ1v) is 11.7. The number of furan rings is 1. The van der Waals surface area contributed by atoms with Crippen LogP contribution in [0.4, 0.5) is 5.69 Å². The molecule has 1 aromatic carbocycles. The predicted molar refractivity (Wildman–Crippen MR) is 123 cm³/mol. The fourth-order valence-electron chi connectivity index (χ4n) is 3.94. The molecule has 1 N–H and O–H groups in total. The molecule has 0 saturated heterocycles. The van der Waals surface area contributed by atoms with Gasteiger partial charge in [0.25, 0.3) is 11.8 Å². The van der Waals surface area contributed by atoms with E-state index in [4.69, 9.17) is 4.42 Å². The van der Waals surface area contributed by atoms with Crippen LogP contribution in [0.5, 0.6) is 0 Å². The van der Waals surface area contributed by atoms with E-state index < -0.39 is 0 Å². The van der Waals surface area contributed by atoms with E-state index in [2.05, 4.69) is 22.8 Å². The van der Waals surface area contributed by atoms with Gasteiger partial charge in [-0.1, -0.05) is 12.1 Å². The van der Waals surface area contributed by atoms with Crippen LogP contribution in [0.15, 0.2) is 70.0 Å². The molecule has 3 aromatic heterocycles. The monoisotopic (exact) mass is 448 g/mol. The number of fused-ring (bicyclic) bond motifs is 1. The van der Waals surface area contributed by atoms with E-state index in [1.54, 1.807) is 40.9 Å². The molecule has 5 nitrogen and oxygen atoms in total. The van der Waals surface area contributed by atoms with Gasteiger partial charge < -0.3 is 14.6 Å². The highest BCUT2D eigenvalue weighted by Crippen LogP contribution is 2.40. The van der Waals surface area contributed by atoms with Crippen LogP contribution in [0.1, 0.15) is 47.8 Å². The van der Waals surface area contributed by atoms with Crippen LogP contribution in [0, 0.1) is 6.92 Å². The Morgan fingerprint density at radius 2 is 2.00 bits per heavy atom. The van der Waals surface area contributed by atoms with Crippen LogP contribution in [0.3, 0.4) is 0 Å². The number of hydrogen-bond acceptors (Lipinski definition) is 5. The predicted octanol–water partition coefficient (Wildman–Crippen LogP) is 5.75. The number of anilines is 1. The minimum absolute atomic E-state index is 0.0382. The van der Waals surface area contributed by atoms with Crippen molar-refractivity contribution in [2.75, 3.05) is 11.9 Å². The zero-order valence-electron chi connectivity index (χ0n) is 16.8. The summed E-state index contributed by atoms with van der Waals surface area (Å²) < 4.78 is 5.18. The Balaban J connectivity index is 1.46. The van der Waals surface area contributed by atoms with Crippen LogP contribution >= 0.6 is 22.7 Å². The maximum Gasteiger partial charge on any atom is 0.291 e. The summed E-state index contributed by atoms with van der Waals surface area (Å²) in [4.78, 5) is 30.5. The molecule has 156 valence electrons. The van der Waals surface area contributed by atoms with Gasteiger partial charge in [-0.15, -0.1) is 22.7 Å². The van der Waals surface area contributed by atoms with E-state index in [-0.39, 0.29) is 23.6 Å². The Kier molecular flexibility index (Phi) is 5.21. The third-order valence-corrected chi connectivity index (χ3v) is 7.44. The minimum Gasteiger partial charge on any atom is -0.459 e. The lowest BCUT2D eigenvalue weighted by atomic mass is 9.97. The van der Waals surface area contributed by atoms with Gasteiger partial charge in [0.2, 0.25) is 0 Å². The second-order valence-electron chi connectivity index (χ2n) is 7.43. The maximum absolute atomic E-state index is 13.6. The molecule has 31 heavy (non-hydrogen) atoms. The summed E-state index contributed by atoms with van der Waals surface area (Å²) >= 11 is 3.42. The summed E-state index contributed by atoms with van der Waals surface area (Å²) in [5.74, 6) is -0.145. The van der Waals surface area contributed by atoms with Crippen LogP contribution < -0.4 is 5.32 Å². The number of benzene rings is 1. The van der Waals surface area contributed by atoms with Crippen molar-refractivity contribution in [3.63, 3.8) is 0 Å². The molecular weight excluding hydrogens is 428 g/mol. The maximum atomic E-state index is 13.6. The standard InChI is InChI=1S/C24H20N2O3S2/c1-15-6-7-16(14-18(15)25-23(27)19-4-2-11-29-19)24(28)26-10-8-20-17(9-13-31-20)22(26)21-5-3-12-30-21/h2-7,9,11-14,22H,8,10H2,1H3,(H,25,27). The highest BCUT2D eigenvalue weighted by atomic mass is 32.1.